The lowest BCUT2D eigenvalue weighted by Gasteiger charge is -2.34. The zero-order valence-electron chi connectivity index (χ0n) is 14.8. The smallest absolute Gasteiger partial charge is 0.254 e. The Hall–Kier alpha value is -1.59. The molecule has 1 heterocycles. The molecule has 0 aromatic heterocycles. The molecule has 6 heteroatoms. The number of anilines is 1. The van der Waals surface area contributed by atoms with Crippen LogP contribution in [0.5, 0.6) is 0 Å². The Labute approximate surface area is 155 Å². The minimum absolute atomic E-state index is 0. The lowest BCUT2D eigenvalue weighted by atomic mass is 10.0. The van der Waals surface area contributed by atoms with Crippen LogP contribution in [0.25, 0.3) is 0 Å². The summed E-state index contributed by atoms with van der Waals surface area (Å²) in [7, 11) is 0. The molecule has 2 amide bonds. The lowest BCUT2D eigenvalue weighted by molar-refractivity contribution is -0.117. The average Bonchev–Trinajstić information content (AvgIpc) is 3.46. The van der Waals surface area contributed by atoms with Crippen molar-refractivity contribution in [2.75, 3.05) is 25.0 Å². The molecule has 1 saturated carbocycles. The van der Waals surface area contributed by atoms with Crippen molar-refractivity contribution in [3.63, 3.8) is 0 Å². The van der Waals surface area contributed by atoms with E-state index in [4.69, 9.17) is 0 Å². The topological polar surface area (TPSA) is 61.4 Å². The van der Waals surface area contributed by atoms with Crippen molar-refractivity contribution >= 4 is 29.9 Å². The van der Waals surface area contributed by atoms with Gasteiger partial charge in [0.25, 0.3) is 5.91 Å². The Balaban J connectivity index is 0.00000225. The van der Waals surface area contributed by atoms with Gasteiger partial charge in [-0.2, -0.15) is 0 Å². The molecule has 1 saturated heterocycles. The quantitative estimate of drug-likeness (QED) is 0.814. The highest BCUT2D eigenvalue weighted by Crippen LogP contribution is 2.30. The van der Waals surface area contributed by atoms with Gasteiger partial charge in [-0.15, -0.1) is 12.4 Å². The summed E-state index contributed by atoms with van der Waals surface area (Å²) >= 11 is 0. The highest BCUT2D eigenvalue weighted by molar-refractivity contribution is 5.97. The van der Waals surface area contributed by atoms with E-state index in [1.807, 2.05) is 29.2 Å². The van der Waals surface area contributed by atoms with Crippen molar-refractivity contribution in [1.82, 2.24) is 10.2 Å². The SMILES string of the molecule is CCCN(C(=O)c1ccc(NC(=O)C2CC2)cc1)C1CCNCC1.Cl. The van der Waals surface area contributed by atoms with E-state index in [1.54, 1.807) is 0 Å². The fraction of sp³-hybridized carbons (Fsp3) is 0.579. The van der Waals surface area contributed by atoms with Gasteiger partial charge in [-0.25, -0.2) is 0 Å². The van der Waals surface area contributed by atoms with Crippen LogP contribution in [0.4, 0.5) is 5.69 Å². The third kappa shape index (κ3) is 5.19. The number of hydrogen-bond acceptors (Lipinski definition) is 3. The van der Waals surface area contributed by atoms with E-state index in [0.29, 0.717) is 11.6 Å². The van der Waals surface area contributed by atoms with Crippen LogP contribution in [0, 0.1) is 5.92 Å². The Morgan fingerprint density at radius 1 is 1.12 bits per heavy atom. The summed E-state index contributed by atoms with van der Waals surface area (Å²) in [5.41, 5.74) is 1.47. The number of benzene rings is 1. The maximum Gasteiger partial charge on any atom is 0.254 e. The molecule has 0 unspecified atom stereocenters. The molecule has 2 fully saturated rings. The van der Waals surface area contributed by atoms with Crippen LogP contribution >= 0.6 is 12.4 Å². The molecule has 5 nitrogen and oxygen atoms in total. The van der Waals surface area contributed by atoms with E-state index >= 15 is 0 Å². The first kappa shape index (κ1) is 19.7. The molecule has 0 atom stereocenters. The minimum atomic E-state index is 0. The Bertz CT molecular complexity index is 581. The first-order valence-corrected chi connectivity index (χ1v) is 9.11. The van der Waals surface area contributed by atoms with Gasteiger partial charge in [-0.3, -0.25) is 9.59 Å². The first-order valence-electron chi connectivity index (χ1n) is 9.11. The van der Waals surface area contributed by atoms with E-state index in [2.05, 4.69) is 17.6 Å². The lowest BCUT2D eigenvalue weighted by Crippen LogP contribution is -2.46. The molecular weight excluding hydrogens is 338 g/mol. The molecule has 1 aromatic carbocycles. The van der Waals surface area contributed by atoms with Crippen molar-refractivity contribution in [1.29, 1.82) is 0 Å². The summed E-state index contributed by atoms with van der Waals surface area (Å²) in [6, 6.07) is 7.65. The minimum Gasteiger partial charge on any atom is -0.336 e. The number of piperidine rings is 1. The normalized spacial score (nSPS) is 17.5. The number of nitrogens with zero attached hydrogens (tertiary/aromatic N) is 1. The van der Waals surface area contributed by atoms with Crippen molar-refractivity contribution in [3.8, 4) is 0 Å². The number of halogens is 1. The number of carbonyl (C=O) groups is 2. The molecular formula is C19H28ClN3O2. The highest BCUT2D eigenvalue weighted by Gasteiger charge is 2.29. The number of rotatable bonds is 6. The third-order valence-corrected chi connectivity index (χ3v) is 4.82. The molecule has 1 aliphatic heterocycles. The standard InChI is InChI=1S/C19H27N3O2.ClH/c1-2-13-22(17-9-11-20-12-10-17)19(24)15-5-7-16(8-6-15)21-18(23)14-3-4-14;/h5-8,14,17,20H,2-4,9-13H2,1H3,(H,21,23);1H. The zero-order valence-corrected chi connectivity index (χ0v) is 15.6. The van der Waals surface area contributed by atoms with Crippen LogP contribution in [0.2, 0.25) is 0 Å². The summed E-state index contributed by atoms with van der Waals surface area (Å²) in [6.07, 6.45) is 4.98. The fourth-order valence-electron chi connectivity index (χ4n) is 3.26. The number of nitrogens with one attached hydrogen (secondary N) is 2. The second-order valence-electron chi connectivity index (χ2n) is 6.82. The molecule has 3 rings (SSSR count). The van der Waals surface area contributed by atoms with Crippen LogP contribution < -0.4 is 10.6 Å². The number of amides is 2. The summed E-state index contributed by atoms with van der Waals surface area (Å²) < 4.78 is 0. The monoisotopic (exact) mass is 365 g/mol. The number of carbonyl (C=O) groups excluding carboxylic acids is 2. The van der Waals surface area contributed by atoms with E-state index < -0.39 is 0 Å². The van der Waals surface area contributed by atoms with Gasteiger partial charge in [0, 0.05) is 29.8 Å². The van der Waals surface area contributed by atoms with Gasteiger partial charge in [0.05, 0.1) is 0 Å². The van der Waals surface area contributed by atoms with Crippen LogP contribution in [0.3, 0.4) is 0 Å². The third-order valence-electron chi connectivity index (χ3n) is 4.82. The molecule has 2 aliphatic rings. The molecule has 0 bridgehead atoms. The Morgan fingerprint density at radius 2 is 1.76 bits per heavy atom. The van der Waals surface area contributed by atoms with Crippen LogP contribution in [-0.4, -0.2) is 42.4 Å². The van der Waals surface area contributed by atoms with Crippen molar-refractivity contribution in [2.24, 2.45) is 5.92 Å². The predicted molar refractivity (Wildman–Crippen MR) is 102 cm³/mol. The predicted octanol–water partition coefficient (Wildman–Crippen LogP) is 3.06. The van der Waals surface area contributed by atoms with Crippen LogP contribution in [0.1, 0.15) is 49.4 Å². The van der Waals surface area contributed by atoms with Gasteiger partial charge in [0.2, 0.25) is 5.91 Å². The van der Waals surface area contributed by atoms with Gasteiger partial charge in [0.1, 0.15) is 0 Å². The molecule has 2 N–H and O–H groups in total. The first-order chi connectivity index (χ1) is 11.7. The molecule has 138 valence electrons. The van der Waals surface area contributed by atoms with Crippen LogP contribution in [-0.2, 0) is 4.79 Å². The molecule has 1 aliphatic carbocycles. The van der Waals surface area contributed by atoms with Crippen molar-refractivity contribution < 1.29 is 9.59 Å². The zero-order chi connectivity index (χ0) is 16.9. The van der Waals surface area contributed by atoms with Gasteiger partial charge in [-0.1, -0.05) is 6.92 Å². The Morgan fingerprint density at radius 3 is 2.32 bits per heavy atom. The number of hydrogen-bond donors (Lipinski definition) is 2. The Kier molecular flexibility index (Phi) is 7.26. The molecule has 0 spiro atoms. The maximum atomic E-state index is 12.9. The van der Waals surface area contributed by atoms with E-state index in [0.717, 1.165) is 57.4 Å². The van der Waals surface area contributed by atoms with Gasteiger partial charge >= 0.3 is 0 Å². The summed E-state index contributed by atoms with van der Waals surface area (Å²) in [4.78, 5) is 26.7. The van der Waals surface area contributed by atoms with E-state index in [9.17, 15) is 9.59 Å². The van der Waals surface area contributed by atoms with Crippen LogP contribution in [0.15, 0.2) is 24.3 Å². The van der Waals surface area contributed by atoms with E-state index in [-0.39, 0.29) is 30.1 Å². The van der Waals surface area contributed by atoms with Gasteiger partial charge in [0.15, 0.2) is 0 Å². The van der Waals surface area contributed by atoms with Crippen molar-refractivity contribution in [3.05, 3.63) is 29.8 Å². The second kappa shape index (κ2) is 9.20. The molecule has 0 radical (unpaired) electrons. The molecule has 25 heavy (non-hydrogen) atoms. The average molecular weight is 366 g/mol. The summed E-state index contributed by atoms with van der Waals surface area (Å²) in [6.45, 7) is 4.86. The molecule has 1 aromatic rings. The van der Waals surface area contributed by atoms with E-state index in [1.165, 1.54) is 0 Å². The van der Waals surface area contributed by atoms with Crippen molar-refractivity contribution in [2.45, 2.75) is 45.1 Å². The largest absolute Gasteiger partial charge is 0.336 e. The highest BCUT2D eigenvalue weighted by atomic mass is 35.5. The van der Waals surface area contributed by atoms with Gasteiger partial charge < -0.3 is 15.5 Å². The van der Waals surface area contributed by atoms with Gasteiger partial charge in [-0.05, 0) is 69.5 Å². The summed E-state index contributed by atoms with van der Waals surface area (Å²) in [5, 5.41) is 6.27. The summed E-state index contributed by atoms with van der Waals surface area (Å²) in [5.74, 6) is 0.381. The second-order valence-corrected chi connectivity index (χ2v) is 6.82. The maximum absolute atomic E-state index is 12.9. The fourth-order valence-corrected chi connectivity index (χ4v) is 3.26.